The molecule has 2 unspecified atom stereocenters. The summed E-state index contributed by atoms with van der Waals surface area (Å²) in [6, 6.07) is 12.0. The van der Waals surface area contributed by atoms with Crippen molar-refractivity contribution in [2.75, 3.05) is 6.54 Å². The molecule has 1 saturated heterocycles. The highest BCUT2D eigenvalue weighted by Gasteiger charge is 2.32. The molecule has 0 saturated carbocycles. The minimum absolute atomic E-state index is 0.000946. The summed E-state index contributed by atoms with van der Waals surface area (Å²) >= 11 is 5.98. The van der Waals surface area contributed by atoms with E-state index < -0.39 is 0 Å². The van der Waals surface area contributed by atoms with E-state index in [-0.39, 0.29) is 12.1 Å². The standard InChI is InChI=1S/C16H17ClN2O/c17-13-7-5-12(6-8-13)16(15-4-1-9-18-15)19-10-2-3-14(19)11-20/h1,4-9,11,14,16,18H,2-3,10H2. The van der Waals surface area contributed by atoms with Crippen LogP contribution in [0.25, 0.3) is 0 Å². The Morgan fingerprint density at radius 1 is 1.30 bits per heavy atom. The fourth-order valence-corrected chi connectivity index (χ4v) is 3.12. The van der Waals surface area contributed by atoms with Gasteiger partial charge in [0.15, 0.2) is 0 Å². The maximum Gasteiger partial charge on any atom is 0.137 e. The van der Waals surface area contributed by atoms with Crippen LogP contribution >= 0.6 is 11.6 Å². The Bertz CT molecular complexity index is 565. The van der Waals surface area contributed by atoms with Crippen LogP contribution in [0.4, 0.5) is 0 Å². The first-order chi connectivity index (χ1) is 9.79. The van der Waals surface area contributed by atoms with Gasteiger partial charge < -0.3 is 9.78 Å². The number of halogens is 1. The van der Waals surface area contributed by atoms with Gasteiger partial charge in [-0.2, -0.15) is 0 Å². The predicted molar refractivity (Wildman–Crippen MR) is 79.9 cm³/mol. The van der Waals surface area contributed by atoms with Crippen LogP contribution in [0.1, 0.15) is 30.1 Å². The lowest BCUT2D eigenvalue weighted by molar-refractivity contribution is -0.112. The Hall–Kier alpha value is -1.58. The van der Waals surface area contributed by atoms with Gasteiger partial charge in [0.25, 0.3) is 0 Å². The van der Waals surface area contributed by atoms with Crippen molar-refractivity contribution in [1.82, 2.24) is 9.88 Å². The van der Waals surface area contributed by atoms with E-state index in [9.17, 15) is 4.79 Å². The number of aldehydes is 1. The normalized spacial score (nSPS) is 20.9. The highest BCUT2D eigenvalue weighted by Crippen LogP contribution is 2.33. The average molecular weight is 289 g/mol. The lowest BCUT2D eigenvalue weighted by Gasteiger charge is -2.30. The van der Waals surface area contributed by atoms with Crippen LogP contribution in [-0.2, 0) is 4.79 Å². The molecule has 20 heavy (non-hydrogen) atoms. The van der Waals surface area contributed by atoms with Crippen molar-refractivity contribution in [3.8, 4) is 0 Å². The number of rotatable bonds is 4. The molecule has 1 aliphatic heterocycles. The first kappa shape index (κ1) is 13.4. The van der Waals surface area contributed by atoms with Crippen molar-refractivity contribution in [1.29, 1.82) is 0 Å². The van der Waals surface area contributed by atoms with E-state index in [0.29, 0.717) is 0 Å². The van der Waals surface area contributed by atoms with Crippen LogP contribution in [0.2, 0.25) is 5.02 Å². The number of hydrogen-bond donors (Lipinski definition) is 1. The summed E-state index contributed by atoms with van der Waals surface area (Å²) in [6.45, 7) is 0.940. The highest BCUT2D eigenvalue weighted by atomic mass is 35.5. The molecule has 0 aliphatic carbocycles. The average Bonchev–Trinajstić information content (AvgIpc) is 3.13. The lowest BCUT2D eigenvalue weighted by atomic mass is 10.0. The Morgan fingerprint density at radius 3 is 2.75 bits per heavy atom. The van der Waals surface area contributed by atoms with E-state index in [0.717, 1.165) is 42.0 Å². The number of likely N-dealkylation sites (tertiary alicyclic amines) is 1. The van der Waals surface area contributed by atoms with Crippen molar-refractivity contribution >= 4 is 17.9 Å². The quantitative estimate of drug-likeness (QED) is 0.875. The minimum Gasteiger partial charge on any atom is -0.363 e. The third kappa shape index (κ3) is 2.51. The van der Waals surface area contributed by atoms with Crippen LogP contribution in [0.15, 0.2) is 42.6 Å². The third-order valence-corrected chi connectivity index (χ3v) is 4.19. The molecule has 3 rings (SSSR count). The second kappa shape index (κ2) is 5.81. The second-order valence-corrected chi connectivity index (χ2v) is 5.60. The third-order valence-electron chi connectivity index (χ3n) is 3.93. The van der Waals surface area contributed by atoms with Gasteiger partial charge in [-0.05, 0) is 49.2 Å². The fraction of sp³-hybridized carbons (Fsp3) is 0.312. The number of hydrogen-bond acceptors (Lipinski definition) is 2. The number of carbonyl (C=O) groups excluding carboxylic acids is 1. The number of nitrogens with zero attached hydrogens (tertiary/aromatic N) is 1. The van der Waals surface area contributed by atoms with E-state index in [1.54, 1.807) is 0 Å². The zero-order chi connectivity index (χ0) is 13.9. The summed E-state index contributed by atoms with van der Waals surface area (Å²) in [4.78, 5) is 16.9. The highest BCUT2D eigenvalue weighted by molar-refractivity contribution is 6.30. The predicted octanol–water partition coefficient (Wildman–Crippen LogP) is 3.42. The van der Waals surface area contributed by atoms with Crippen LogP contribution in [-0.4, -0.2) is 28.8 Å². The largest absolute Gasteiger partial charge is 0.363 e. The molecule has 3 nitrogen and oxygen atoms in total. The van der Waals surface area contributed by atoms with Crippen LogP contribution in [0, 0.1) is 0 Å². The number of nitrogens with one attached hydrogen (secondary N) is 1. The molecule has 0 bridgehead atoms. The molecule has 1 N–H and O–H groups in total. The number of aromatic nitrogens is 1. The molecule has 0 radical (unpaired) electrons. The molecule has 2 heterocycles. The molecule has 1 aliphatic rings. The van der Waals surface area contributed by atoms with Gasteiger partial charge in [0.2, 0.25) is 0 Å². The maximum atomic E-state index is 11.3. The number of H-pyrrole nitrogens is 1. The number of benzene rings is 1. The molecule has 1 fully saturated rings. The van der Waals surface area contributed by atoms with Crippen molar-refractivity contribution in [2.24, 2.45) is 0 Å². The molecular weight excluding hydrogens is 272 g/mol. The monoisotopic (exact) mass is 288 g/mol. The molecule has 0 spiro atoms. The van der Waals surface area contributed by atoms with Crippen molar-refractivity contribution in [2.45, 2.75) is 24.9 Å². The zero-order valence-corrected chi connectivity index (χ0v) is 11.9. The van der Waals surface area contributed by atoms with E-state index in [2.05, 4.69) is 16.0 Å². The Balaban J connectivity index is 2.00. The first-order valence-corrected chi connectivity index (χ1v) is 7.27. The zero-order valence-electron chi connectivity index (χ0n) is 11.1. The van der Waals surface area contributed by atoms with Crippen molar-refractivity contribution in [3.63, 3.8) is 0 Å². The first-order valence-electron chi connectivity index (χ1n) is 6.89. The maximum absolute atomic E-state index is 11.3. The fourth-order valence-electron chi connectivity index (χ4n) is 2.99. The van der Waals surface area contributed by atoms with E-state index in [1.807, 2.05) is 36.5 Å². The van der Waals surface area contributed by atoms with E-state index in [4.69, 9.17) is 11.6 Å². The Kier molecular flexibility index (Phi) is 3.90. The Labute approximate surface area is 123 Å². The van der Waals surface area contributed by atoms with Gasteiger partial charge in [-0.1, -0.05) is 23.7 Å². The molecule has 4 heteroatoms. The summed E-state index contributed by atoms with van der Waals surface area (Å²) in [5.74, 6) is 0. The van der Waals surface area contributed by atoms with Gasteiger partial charge in [0, 0.05) is 16.9 Å². The molecule has 1 aromatic heterocycles. The minimum atomic E-state index is -0.000946. The van der Waals surface area contributed by atoms with Gasteiger partial charge in [-0.25, -0.2) is 0 Å². The second-order valence-electron chi connectivity index (χ2n) is 5.16. The number of carbonyl (C=O) groups is 1. The van der Waals surface area contributed by atoms with Gasteiger partial charge >= 0.3 is 0 Å². The van der Waals surface area contributed by atoms with Crippen molar-refractivity contribution in [3.05, 3.63) is 58.9 Å². The molecule has 2 atom stereocenters. The van der Waals surface area contributed by atoms with Crippen molar-refractivity contribution < 1.29 is 4.79 Å². The molecular formula is C16H17ClN2O. The van der Waals surface area contributed by atoms with Crippen LogP contribution in [0.3, 0.4) is 0 Å². The molecule has 104 valence electrons. The SMILES string of the molecule is O=CC1CCCN1C(c1ccc(Cl)cc1)c1ccc[nH]1. The van der Waals surface area contributed by atoms with Gasteiger partial charge in [0.1, 0.15) is 6.29 Å². The number of aromatic amines is 1. The van der Waals surface area contributed by atoms with Crippen LogP contribution in [0.5, 0.6) is 0 Å². The summed E-state index contributed by atoms with van der Waals surface area (Å²) in [6.07, 6.45) is 4.99. The summed E-state index contributed by atoms with van der Waals surface area (Å²) < 4.78 is 0. The van der Waals surface area contributed by atoms with E-state index >= 15 is 0 Å². The summed E-state index contributed by atoms with van der Waals surface area (Å²) in [5, 5.41) is 0.729. The Morgan fingerprint density at radius 2 is 2.10 bits per heavy atom. The smallest absolute Gasteiger partial charge is 0.137 e. The van der Waals surface area contributed by atoms with Gasteiger partial charge in [-0.3, -0.25) is 4.90 Å². The molecule has 2 aromatic rings. The van der Waals surface area contributed by atoms with Crippen LogP contribution < -0.4 is 0 Å². The van der Waals surface area contributed by atoms with Gasteiger partial charge in [-0.15, -0.1) is 0 Å². The topological polar surface area (TPSA) is 36.1 Å². The summed E-state index contributed by atoms with van der Waals surface area (Å²) in [7, 11) is 0. The molecule has 0 amide bonds. The van der Waals surface area contributed by atoms with Gasteiger partial charge in [0.05, 0.1) is 12.1 Å². The summed E-state index contributed by atoms with van der Waals surface area (Å²) in [5.41, 5.74) is 2.27. The molecule has 1 aromatic carbocycles. The lowest BCUT2D eigenvalue weighted by Crippen LogP contribution is -2.35. The van der Waals surface area contributed by atoms with E-state index in [1.165, 1.54) is 0 Å².